The molecular formula is C38H55N7O4. The van der Waals surface area contributed by atoms with Crippen molar-refractivity contribution in [2.75, 3.05) is 32.7 Å². The summed E-state index contributed by atoms with van der Waals surface area (Å²) in [6.45, 7) is 11.1. The second-order valence-electron chi connectivity index (χ2n) is 15.0. The quantitative estimate of drug-likeness (QED) is 0.0957. The summed E-state index contributed by atoms with van der Waals surface area (Å²) in [6, 6.07) is 15.4. The van der Waals surface area contributed by atoms with E-state index in [1.54, 1.807) is 6.07 Å². The van der Waals surface area contributed by atoms with Crippen LogP contribution < -0.4 is 27.4 Å². The standard InChI is InChI=1S/C38H55N7O4/c1-24(2)18-31(34(48)41-15-8-9-16-42-36(39)40)44-33(47)22-43-35(49)38(27-10-6-5-7-11-27)21-28(38)23-45-17-14-37(4)25(3)32(45)19-26-12-13-29(46)20-30(26)37/h5-7,10-13,20,24-25,28,31-32,46H,8-9,14-19,21-23H2,1-4H3,(H,41,48)(H,43,49)(H,44,47)(H4,39,40,42)/t25-,28-,31+,32-,37-,38+/m1/s1. The predicted molar refractivity (Wildman–Crippen MR) is 192 cm³/mol. The molecular weight excluding hydrogens is 618 g/mol. The van der Waals surface area contributed by atoms with Gasteiger partial charge < -0.3 is 32.5 Å². The smallest absolute Gasteiger partial charge is 0.242 e. The van der Waals surface area contributed by atoms with Gasteiger partial charge in [-0.25, -0.2) is 0 Å². The molecule has 3 amide bonds. The maximum atomic E-state index is 14.0. The van der Waals surface area contributed by atoms with E-state index in [1.807, 2.05) is 50.2 Å². The molecule has 1 heterocycles. The van der Waals surface area contributed by atoms with Gasteiger partial charge in [-0.2, -0.15) is 0 Å². The molecule has 0 aromatic heterocycles. The highest BCUT2D eigenvalue weighted by atomic mass is 16.3. The van der Waals surface area contributed by atoms with E-state index in [1.165, 1.54) is 11.1 Å². The zero-order valence-electron chi connectivity index (χ0n) is 29.5. The number of phenolic OH excluding ortho intramolecular Hbond substituents is 1. The zero-order valence-corrected chi connectivity index (χ0v) is 29.5. The first-order chi connectivity index (χ1) is 23.3. The average Bonchev–Trinajstić information content (AvgIpc) is 3.79. The van der Waals surface area contributed by atoms with Crippen molar-refractivity contribution in [1.82, 2.24) is 20.9 Å². The summed E-state index contributed by atoms with van der Waals surface area (Å²) in [7, 11) is 0. The number of carbonyl (C=O) groups is 3. The van der Waals surface area contributed by atoms with Gasteiger partial charge in [0.25, 0.3) is 0 Å². The number of piperidine rings is 1. The van der Waals surface area contributed by atoms with Crippen molar-refractivity contribution in [2.24, 2.45) is 34.2 Å². The Balaban J connectivity index is 1.20. The lowest BCUT2D eigenvalue weighted by Crippen LogP contribution is -2.58. The fraction of sp³-hybridized carbons (Fsp3) is 0.579. The molecule has 1 saturated carbocycles. The number of aliphatic imine (C=N–C) groups is 1. The van der Waals surface area contributed by atoms with Crippen LogP contribution in [-0.4, -0.2) is 78.5 Å². The molecule has 2 bridgehead atoms. The molecule has 0 spiro atoms. The number of likely N-dealkylation sites (tertiary alicyclic amines) is 1. The third-order valence-corrected chi connectivity index (χ3v) is 11.3. The van der Waals surface area contributed by atoms with Crippen LogP contribution in [0.25, 0.3) is 0 Å². The number of phenols is 1. The summed E-state index contributed by atoms with van der Waals surface area (Å²) in [5, 5.41) is 18.9. The van der Waals surface area contributed by atoms with Gasteiger partial charge in [-0.1, -0.05) is 64.1 Å². The molecule has 49 heavy (non-hydrogen) atoms. The number of nitrogens with two attached hydrogens (primary N) is 2. The molecule has 5 rings (SSSR count). The Morgan fingerprint density at radius 1 is 1.08 bits per heavy atom. The SMILES string of the molecule is CC(C)C[C@H](NC(=O)CNC(=O)[C@]1(c2ccccc2)C[C@@H]1CN1CC[C@@]2(C)c3cc(O)ccc3C[C@@H]1[C@H]2C)C(=O)NCCCCN=C(N)N. The van der Waals surface area contributed by atoms with E-state index in [9.17, 15) is 19.5 Å². The molecule has 11 heteroatoms. The number of guanidine groups is 1. The van der Waals surface area contributed by atoms with Crippen LogP contribution in [0.2, 0.25) is 0 Å². The molecule has 2 aromatic carbocycles. The van der Waals surface area contributed by atoms with E-state index in [0.717, 1.165) is 37.9 Å². The van der Waals surface area contributed by atoms with Gasteiger partial charge >= 0.3 is 0 Å². The van der Waals surface area contributed by atoms with Crippen LogP contribution in [0.5, 0.6) is 5.75 Å². The van der Waals surface area contributed by atoms with Crippen molar-refractivity contribution >= 4 is 23.7 Å². The number of aromatic hydroxyl groups is 1. The second kappa shape index (κ2) is 15.2. The lowest BCUT2D eigenvalue weighted by atomic mass is 9.59. The molecule has 3 aliphatic rings. The topological polar surface area (TPSA) is 175 Å². The lowest BCUT2D eigenvalue weighted by molar-refractivity contribution is -0.130. The summed E-state index contributed by atoms with van der Waals surface area (Å²) in [4.78, 5) is 46.7. The van der Waals surface area contributed by atoms with Gasteiger partial charge in [0.1, 0.15) is 11.8 Å². The number of nitrogens with one attached hydrogen (secondary N) is 3. The van der Waals surface area contributed by atoms with Gasteiger partial charge in [0.05, 0.1) is 12.0 Å². The Hall–Kier alpha value is -4.12. The van der Waals surface area contributed by atoms with E-state index < -0.39 is 17.4 Å². The van der Waals surface area contributed by atoms with E-state index in [4.69, 9.17) is 11.5 Å². The Morgan fingerprint density at radius 3 is 2.55 bits per heavy atom. The maximum Gasteiger partial charge on any atom is 0.242 e. The number of nitrogens with zero attached hydrogens (tertiary/aromatic N) is 2. The van der Waals surface area contributed by atoms with Gasteiger partial charge in [-0.3, -0.25) is 24.3 Å². The Labute approximate surface area is 290 Å². The second-order valence-corrected chi connectivity index (χ2v) is 15.0. The van der Waals surface area contributed by atoms with Crippen molar-refractivity contribution in [3.05, 3.63) is 65.2 Å². The minimum Gasteiger partial charge on any atom is -0.508 e. The van der Waals surface area contributed by atoms with E-state index >= 15 is 0 Å². The fourth-order valence-electron chi connectivity index (χ4n) is 8.30. The Bertz CT molecular complexity index is 1530. The van der Waals surface area contributed by atoms with Crippen LogP contribution in [0.4, 0.5) is 0 Å². The highest BCUT2D eigenvalue weighted by molar-refractivity contribution is 5.95. The number of hydrogen-bond donors (Lipinski definition) is 6. The van der Waals surface area contributed by atoms with Gasteiger partial charge in [-0.15, -0.1) is 0 Å². The van der Waals surface area contributed by atoms with E-state index in [2.05, 4.69) is 45.8 Å². The number of hydrogen-bond acceptors (Lipinski definition) is 6. The molecule has 2 fully saturated rings. The highest BCUT2D eigenvalue weighted by Gasteiger charge is 2.62. The van der Waals surface area contributed by atoms with Crippen LogP contribution in [0.3, 0.4) is 0 Å². The van der Waals surface area contributed by atoms with Crippen LogP contribution in [0.15, 0.2) is 53.5 Å². The largest absolute Gasteiger partial charge is 0.508 e. The van der Waals surface area contributed by atoms with Crippen molar-refractivity contribution in [2.45, 2.75) is 89.1 Å². The van der Waals surface area contributed by atoms with Crippen molar-refractivity contribution in [1.29, 1.82) is 0 Å². The first-order valence-corrected chi connectivity index (χ1v) is 17.9. The van der Waals surface area contributed by atoms with Gasteiger partial charge in [0, 0.05) is 25.7 Å². The number of unbranched alkanes of at least 4 members (excludes halogenated alkanes) is 1. The molecule has 6 atom stereocenters. The first kappa shape index (κ1) is 36.2. The number of carbonyl (C=O) groups excluding carboxylic acids is 3. The summed E-state index contributed by atoms with van der Waals surface area (Å²) >= 11 is 0. The minimum absolute atomic E-state index is 0.00277. The summed E-state index contributed by atoms with van der Waals surface area (Å²) < 4.78 is 0. The number of amides is 3. The molecule has 1 aliphatic heterocycles. The third kappa shape index (κ3) is 8.03. The van der Waals surface area contributed by atoms with Crippen LogP contribution in [0.1, 0.15) is 76.5 Å². The summed E-state index contributed by atoms with van der Waals surface area (Å²) in [6.07, 6.45) is 4.54. The van der Waals surface area contributed by atoms with E-state index in [0.29, 0.717) is 50.1 Å². The lowest BCUT2D eigenvalue weighted by Gasteiger charge is -2.55. The van der Waals surface area contributed by atoms with Crippen LogP contribution in [0, 0.1) is 17.8 Å². The van der Waals surface area contributed by atoms with Crippen molar-refractivity contribution in [3.63, 3.8) is 0 Å². The molecule has 1 saturated heterocycles. The zero-order chi connectivity index (χ0) is 35.3. The number of benzene rings is 2. The Kier molecular flexibility index (Phi) is 11.2. The monoisotopic (exact) mass is 673 g/mol. The third-order valence-electron chi connectivity index (χ3n) is 11.3. The normalized spacial score (nSPS) is 26.3. The molecule has 2 aromatic rings. The van der Waals surface area contributed by atoms with Crippen LogP contribution in [-0.2, 0) is 31.6 Å². The number of fused-ring (bicyclic) bond motifs is 4. The minimum atomic E-state index is -0.711. The predicted octanol–water partition coefficient (Wildman–Crippen LogP) is 2.69. The fourth-order valence-corrected chi connectivity index (χ4v) is 8.30. The van der Waals surface area contributed by atoms with Gasteiger partial charge in [-0.05, 0) is 97.1 Å². The van der Waals surface area contributed by atoms with Crippen molar-refractivity contribution < 1.29 is 19.5 Å². The van der Waals surface area contributed by atoms with E-state index in [-0.39, 0.29) is 41.6 Å². The summed E-state index contributed by atoms with van der Waals surface area (Å²) in [5.41, 5.74) is 13.5. The van der Waals surface area contributed by atoms with Crippen LogP contribution >= 0.6 is 0 Å². The molecule has 266 valence electrons. The molecule has 8 N–H and O–H groups in total. The summed E-state index contributed by atoms with van der Waals surface area (Å²) in [5.74, 6) is 0.284. The maximum absolute atomic E-state index is 14.0. The van der Waals surface area contributed by atoms with Crippen molar-refractivity contribution in [3.8, 4) is 5.75 Å². The highest BCUT2D eigenvalue weighted by Crippen LogP contribution is 2.56. The molecule has 11 nitrogen and oxygen atoms in total. The molecule has 0 radical (unpaired) electrons. The van der Waals surface area contributed by atoms with Gasteiger partial charge in [0.15, 0.2) is 5.96 Å². The average molecular weight is 674 g/mol. The van der Waals surface area contributed by atoms with Gasteiger partial charge in [0.2, 0.25) is 17.7 Å². The Morgan fingerprint density at radius 2 is 1.84 bits per heavy atom. The molecule has 0 unspecified atom stereocenters. The molecule has 2 aliphatic carbocycles. The first-order valence-electron chi connectivity index (χ1n) is 17.9. The number of rotatable bonds is 15.